The Bertz CT molecular complexity index is 468. The van der Waals surface area contributed by atoms with Crippen molar-refractivity contribution >= 4 is 11.0 Å². The fourth-order valence-corrected chi connectivity index (χ4v) is 1.98. The van der Waals surface area contributed by atoms with E-state index in [4.69, 9.17) is 5.73 Å². The number of hydrogen-bond donors (Lipinski definition) is 1. The second kappa shape index (κ2) is 2.82. The Balaban J connectivity index is 2.29. The lowest BCUT2D eigenvalue weighted by Crippen LogP contribution is -2.06. The molecule has 0 amide bonds. The lowest BCUT2D eigenvalue weighted by molar-refractivity contribution is 0.701. The first-order chi connectivity index (χ1) is 6.90. The average Bonchev–Trinajstić information content (AvgIpc) is 2.98. The van der Waals surface area contributed by atoms with E-state index in [1.807, 2.05) is 12.1 Å². The van der Waals surface area contributed by atoms with Gasteiger partial charge in [0.15, 0.2) is 0 Å². The molecule has 2 aromatic rings. The van der Waals surface area contributed by atoms with Crippen molar-refractivity contribution in [3.63, 3.8) is 0 Å². The molecule has 1 aliphatic rings. The van der Waals surface area contributed by atoms with Crippen molar-refractivity contribution in [1.29, 1.82) is 0 Å². The molecule has 0 bridgehead atoms. The van der Waals surface area contributed by atoms with Crippen molar-refractivity contribution in [3.8, 4) is 0 Å². The highest BCUT2D eigenvalue weighted by atomic mass is 15.1. The van der Waals surface area contributed by atoms with Gasteiger partial charge in [-0.2, -0.15) is 0 Å². The van der Waals surface area contributed by atoms with Gasteiger partial charge >= 0.3 is 0 Å². The summed E-state index contributed by atoms with van der Waals surface area (Å²) in [4.78, 5) is 4.53. The number of benzene rings is 1. The fraction of sp³-hybridized carbons (Fsp3) is 0.364. The van der Waals surface area contributed by atoms with Gasteiger partial charge in [-0.3, -0.25) is 0 Å². The zero-order valence-electron chi connectivity index (χ0n) is 7.98. The van der Waals surface area contributed by atoms with Crippen molar-refractivity contribution in [1.82, 2.24) is 9.55 Å². The summed E-state index contributed by atoms with van der Waals surface area (Å²) in [6.07, 6.45) is 2.54. The lowest BCUT2D eigenvalue weighted by Gasteiger charge is -2.04. The number of nitrogens with two attached hydrogens (primary N) is 1. The monoisotopic (exact) mass is 187 g/mol. The van der Waals surface area contributed by atoms with Gasteiger partial charge in [0.2, 0.25) is 0 Å². The summed E-state index contributed by atoms with van der Waals surface area (Å²) in [7, 11) is 0. The Morgan fingerprint density at radius 3 is 2.86 bits per heavy atom. The van der Waals surface area contributed by atoms with Crippen LogP contribution in [0.2, 0.25) is 0 Å². The maximum absolute atomic E-state index is 5.70. The van der Waals surface area contributed by atoms with E-state index in [0.717, 1.165) is 11.3 Å². The van der Waals surface area contributed by atoms with Crippen LogP contribution in [-0.4, -0.2) is 9.55 Å². The third kappa shape index (κ3) is 1.06. The zero-order chi connectivity index (χ0) is 9.54. The van der Waals surface area contributed by atoms with E-state index in [0.29, 0.717) is 12.6 Å². The molecule has 3 rings (SSSR count). The normalized spacial score (nSPS) is 16.4. The summed E-state index contributed by atoms with van der Waals surface area (Å²) < 4.78 is 2.30. The second-order valence-corrected chi connectivity index (χ2v) is 3.82. The standard InChI is InChI=1S/C11H13N3/c12-7-11-13-9-3-1-2-4-10(9)14(11)8-5-6-8/h1-4,8H,5-7,12H2. The van der Waals surface area contributed by atoms with Crippen LogP contribution in [0.3, 0.4) is 0 Å². The van der Waals surface area contributed by atoms with Crippen LogP contribution in [0.1, 0.15) is 24.7 Å². The zero-order valence-corrected chi connectivity index (χ0v) is 7.98. The van der Waals surface area contributed by atoms with Crippen molar-refractivity contribution < 1.29 is 0 Å². The molecule has 1 heterocycles. The van der Waals surface area contributed by atoms with Gasteiger partial charge in [-0.1, -0.05) is 12.1 Å². The van der Waals surface area contributed by atoms with Crippen LogP contribution in [0.4, 0.5) is 0 Å². The number of imidazole rings is 1. The van der Waals surface area contributed by atoms with Gasteiger partial charge in [-0.05, 0) is 25.0 Å². The molecule has 0 radical (unpaired) electrons. The minimum atomic E-state index is 0.533. The maximum Gasteiger partial charge on any atom is 0.123 e. The fourth-order valence-electron chi connectivity index (χ4n) is 1.98. The van der Waals surface area contributed by atoms with Gasteiger partial charge in [0.05, 0.1) is 17.6 Å². The molecule has 0 unspecified atom stereocenters. The first-order valence-corrected chi connectivity index (χ1v) is 5.06. The van der Waals surface area contributed by atoms with Crippen LogP contribution >= 0.6 is 0 Å². The van der Waals surface area contributed by atoms with Gasteiger partial charge in [-0.15, -0.1) is 0 Å². The van der Waals surface area contributed by atoms with Crippen molar-refractivity contribution in [2.75, 3.05) is 0 Å². The first-order valence-electron chi connectivity index (χ1n) is 5.06. The highest BCUT2D eigenvalue weighted by molar-refractivity contribution is 5.76. The SMILES string of the molecule is NCc1nc2ccccc2n1C1CC1. The van der Waals surface area contributed by atoms with Gasteiger partial charge < -0.3 is 10.3 Å². The minimum absolute atomic E-state index is 0.533. The van der Waals surface area contributed by atoms with E-state index in [1.54, 1.807) is 0 Å². The highest BCUT2D eigenvalue weighted by Gasteiger charge is 2.27. The molecule has 0 saturated heterocycles. The van der Waals surface area contributed by atoms with E-state index >= 15 is 0 Å². The van der Waals surface area contributed by atoms with Gasteiger partial charge in [-0.25, -0.2) is 4.98 Å². The van der Waals surface area contributed by atoms with Crippen LogP contribution in [0.5, 0.6) is 0 Å². The summed E-state index contributed by atoms with van der Waals surface area (Å²) in [5.41, 5.74) is 8.00. The number of rotatable bonds is 2. The molecule has 0 aliphatic heterocycles. The molecule has 0 spiro atoms. The van der Waals surface area contributed by atoms with E-state index in [2.05, 4.69) is 21.7 Å². The largest absolute Gasteiger partial charge is 0.324 e. The number of hydrogen-bond acceptors (Lipinski definition) is 2. The quantitative estimate of drug-likeness (QED) is 0.779. The van der Waals surface area contributed by atoms with E-state index in [1.165, 1.54) is 18.4 Å². The number of fused-ring (bicyclic) bond motifs is 1. The Kier molecular flexibility index (Phi) is 1.61. The van der Waals surface area contributed by atoms with Crippen LogP contribution < -0.4 is 5.73 Å². The Morgan fingerprint density at radius 2 is 2.14 bits per heavy atom. The Hall–Kier alpha value is -1.35. The topological polar surface area (TPSA) is 43.8 Å². The minimum Gasteiger partial charge on any atom is -0.324 e. The smallest absolute Gasteiger partial charge is 0.123 e. The predicted molar refractivity (Wildman–Crippen MR) is 55.9 cm³/mol. The van der Waals surface area contributed by atoms with Crippen LogP contribution in [0, 0.1) is 0 Å². The molecule has 72 valence electrons. The lowest BCUT2D eigenvalue weighted by atomic mass is 10.3. The van der Waals surface area contributed by atoms with Gasteiger partial charge in [0, 0.05) is 6.04 Å². The number of aromatic nitrogens is 2. The Labute approximate surface area is 82.5 Å². The molecule has 3 nitrogen and oxygen atoms in total. The number of nitrogens with zero attached hydrogens (tertiary/aromatic N) is 2. The Morgan fingerprint density at radius 1 is 1.36 bits per heavy atom. The predicted octanol–water partition coefficient (Wildman–Crippen LogP) is 1.83. The van der Waals surface area contributed by atoms with Gasteiger partial charge in [0.25, 0.3) is 0 Å². The van der Waals surface area contributed by atoms with E-state index < -0.39 is 0 Å². The van der Waals surface area contributed by atoms with Crippen LogP contribution in [0.15, 0.2) is 24.3 Å². The maximum atomic E-state index is 5.70. The number of para-hydroxylation sites is 2. The second-order valence-electron chi connectivity index (χ2n) is 3.82. The van der Waals surface area contributed by atoms with Gasteiger partial charge in [0.1, 0.15) is 5.82 Å². The van der Waals surface area contributed by atoms with Crippen LogP contribution in [-0.2, 0) is 6.54 Å². The first kappa shape index (κ1) is 8.00. The van der Waals surface area contributed by atoms with E-state index in [-0.39, 0.29) is 0 Å². The molecule has 1 fully saturated rings. The molecule has 14 heavy (non-hydrogen) atoms. The highest BCUT2D eigenvalue weighted by Crippen LogP contribution is 2.38. The van der Waals surface area contributed by atoms with Crippen molar-refractivity contribution in [2.45, 2.75) is 25.4 Å². The van der Waals surface area contributed by atoms with Crippen molar-refractivity contribution in [3.05, 3.63) is 30.1 Å². The molecular weight excluding hydrogens is 174 g/mol. The van der Waals surface area contributed by atoms with E-state index in [9.17, 15) is 0 Å². The van der Waals surface area contributed by atoms with Crippen molar-refractivity contribution in [2.24, 2.45) is 5.73 Å². The average molecular weight is 187 g/mol. The summed E-state index contributed by atoms with van der Waals surface area (Å²) in [6, 6.07) is 8.91. The third-order valence-corrected chi connectivity index (χ3v) is 2.76. The molecule has 0 atom stereocenters. The molecule has 3 heteroatoms. The molecular formula is C11H13N3. The molecule has 2 N–H and O–H groups in total. The summed E-state index contributed by atoms with van der Waals surface area (Å²) in [6.45, 7) is 0.533. The summed E-state index contributed by atoms with van der Waals surface area (Å²) >= 11 is 0. The molecule has 1 aliphatic carbocycles. The van der Waals surface area contributed by atoms with Crippen LogP contribution in [0.25, 0.3) is 11.0 Å². The summed E-state index contributed by atoms with van der Waals surface area (Å²) in [5.74, 6) is 1.02. The molecule has 1 aromatic heterocycles. The summed E-state index contributed by atoms with van der Waals surface area (Å²) in [5, 5.41) is 0. The third-order valence-electron chi connectivity index (χ3n) is 2.76. The molecule has 1 saturated carbocycles. The molecule has 1 aromatic carbocycles.